The fourth-order valence-electron chi connectivity index (χ4n) is 2.64. The van der Waals surface area contributed by atoms with Gasteiger partial charge in [-0.1, -0.05) is 41.1 Å². The average molecular weight is 377 g/mol. The number of aliphatic imine (C=N–C) groups is 1. The molecule has 3 rings (SSSR count). The quantitative estimate of drug-likeness (QED) is 0.642. The van der Waals surface area contributed by atoms with Gasteiger partial charge in [-0.05, 0) is 23.8 Å². The summed E-state index contributed by atoms with van der Waals surface area (Å²) < 4.78 is 39.7. The predicted octanol–water partition coefficient (Wildman–Crippen LogP) is 2.98. The van der Waals surface area contributed by atoms with E-state index < -0.39 is 17.8 Å². The van der Waals surface area contributed by atoms with E-state index in [1.165, 1.54) is 22.0 Å². The van der Waals surface area contributed by atoms with Gasteiger partial charge in [0, 0.05) is 17.0 Å². The predicted molar refractivity (Wildman–Crippen MR) is 91.8 cm³/mol. The molecule has 140 valence electrons. The summed E-state index contributed by atoms with van der Waals surface area (Å²) >= 11 is 0. The van der Waals surface area contributed by atoms with Crippen molar-refractivity contribution in [2.75, 3.05) is 6.73 Å². The summed E-state index contributed by atoms with van der Waals surface area (Å²) in [5.41, 5.74) is 0.335. The fourth-order valence-corrected chi connectivity index (χ4v) is 2.64. The van der Waals surface area contributed by atoms with Gasteiger partial charge in [0.15, 0.2) is 6.73 Å². The van der Waals surface area contributed by atoms with E-state index in [0.717, 1.165) is 12.1 Å². The maximum atomic E-state index is 12.8. The van der Waals surface area contributed by atoms with Gasteiger partial charge in [0.05, 0.1) is 5.56 Å². The number of carbonyl (C=O) groups is 1. The number of amides is 2. The molecule has 0 saturated carbocycles. The Morgan fingerprint density at radius 3 is 2.56 bits per heavy atom. The van der Waals surface area contributed by atoms with Crippen LogP contribution in [0.15, 0.2) is 59.6 Å². The number of hydrazone groups is 1. The van der Waals surface area contributed by atoms with Gasteiger partial charge in [0.1, 0.15) is 6.21 Å². The van der Waals surface area contributed by atoms with Crippen LogP contribution >= 0.6 is 0 Å². The van der Waals surface area contributed by atoms with Crippen molar-refractivity contribution < 1.29 is 27.5 Å². The monoisotopic (exact) mass is 377 g/mol. The molecule has 0 radical (unpaired) electrons. The summed E-state index contributed by atoms with van der Waals surface area (Å²) in [6.45, 7) is -0.154. The smallest absolute Gasteiger partial charge is 0.279 e. The number of nitrogens with two attached hydrogens (primary N) is 1. The van der Waals surface area contributed by atoms with Crippen LogP contribution in [0.1, 0.15) is 16.7 Å². The van der Waals surface area contributed by atoms with Gasteiger partial charge in [-0.2, -0.15) is 18.0 Å². The minimum absolute atomic E-state index is 0.0916. The first-order valence-corrected chi connectivity index (χ1v) is 7.96. The molecule has 6 nitrogen and oxygen atoms in total. The number of halogens is 3. The van der Waals surface area contributed by atoms with Crippen LogP contribution < -0.4 is 5.90 Å². The Hall–Kier alpha value is -3.04. The van der Waals surface area contributed by atoms with E-state index in [2.05, 4.69) is 9.83 Å². The molecule has 0 aromatic heterocycles. The normalized spacial score (nSPS) is 16.1. The molecule has 0 bridgehead atoms. The highest BCUT2D eigenvalue weighted by atomic mass is 19.4. The number of nitrogens with zero attached hydrogens (tertiary/aromatic N) is 3. The molecule has 27 heavy (non-hydrogen) atoms. The lowest BCUT2D eigenvalue weighted by molar-refractivity contribution is -0.580. The number of hydrogen-bond donors (Lipinski definition) is 1. The summed E-state index contributed by atoms with van der Waals surface area (Å²) in [7, 11) is 0. The molecule has 2 aromatic rings. The summed E-state index contributed by atoms with van der Waals surface area (Å²) in [4.78, 5) is 20.9. The van der Waals surface area contributed by atoms with Crippen molar-refractivity contribution in [1.82, 2.24) is 5.01 Å². The number of benzene rings is 2. The molecule has 2 aromatic carbocycles. The van der Waals surface area contributed by atoms with Crippen molar-refractivity contribution >= 4 is 18.1 Å². The molecule has 1 heterocycles. The molecule has 1 aliphatic heterocycles. The van der Waals surface area contributed by atoms with E-state index in [4.69, 9.17) is 5.90 Å². The van der Waals surface area contributed by atoms with Crippen molar-refractivity contribution in [3.8, 4) is 0 Å². The van der Waals surface area contributed by atoms with Crippen molar-refractivity contribution in [3.05, 3.63) is 71.3 Å². The van der Waals surface area contributed by atoms with Crippen LogP contribution in [-0.4, -0.2) is 34.5 Å². The second-order valence-electron chi connectivity index (χ2n) is 5.71. The molecule has 2 N–H and O–H groups in total. The Labute approximate surface area is 152 Å². The first kappa shape index (κ1) is 18.7. The van der Waals surface area contributed by atoms with Gasteiger partial charge < -0.3 is 0 Å². The summed E-state index contributed by atoms with van der Waals surface area (Å²) in [6.07, 6.45) is -2.90. The number of carbonyl (C=O) groups excluding carboxylic acids is 1. The number of alkyl halides is 3. The lowest BCUT2D eigenvalue weighted by Crippen LogP contribution is -2.40. The molecule has 2 amide bonds. The van der Waals surface area contributed by atoms with Crippen LogP contribution in [0.2, 0.25) is 0 Å². The highest BCUT2D eigenvalue weighted by molar-refractivity contribution is 6.06. The number of rotatable bonds is 5. The highest BCUT2D eigenvalue weighted by Gasteiger charge is 2.39. The van der Waals surface area contributed by atoms with Gasteiger partial charge in [-0.3, -0.25) is 4.84 Å². The Kier molecular flexibility index (Phi) is 5.33. The Morgan fingerprint density at radius 1 is 1.15 bits per heavy atom. The van der Waals surface area contributed by atoms with Crippen molar-refractivity contribution in [1.29, 1.82) is 0 Å². The number of hydrogen-bond acceptors (Lipinski definition) is 4. The summed E-state index contributed by atoms with van der Waals surface area (Å²) in [5.74, 6) is 5.50. The zero-order chi connectivity index (χ0) is 19.4. The Balaban J connectivity index is 1.86. The SMILES string of the molecule is NOCN1C(c2ccccc2)=NC(=O)[N+]1=CCc1cccc(C(F)(F)F)c1. The van der Waals surface area contributed by atoms with Crippen LogP contribution in [0.25, 0.3) is 0 Å². The topological polar surface area (TPSA) is 70.9 Å². The summed E-state index contributed by atoms with van der Waals surface area (Å²) in [5, 5.41) is 1.41. The van der Waals surface area contributed by atoms with Crippen molar-refractivity contribution in [2.24, 2.45) is 10.9 Å². The van der Waals surface area contributed by atoms with E-state index in [1.54, 1.807) is 30.3 Å². The van der Waals surface area contributed by atoms with E-state index >= 15 is 0 Å². The first-order valence-electron chi connectivity index (χ1n) is 7.96. The van der Waals surface area contributed by atoms with Gasteiger partial charge in [-0.15, -0.1) is 5.01 Å². The largest absolute Gasteiger partial charge is 0.565 e. The summed E-state index contributed by atoms with van der Waals surface area (Å²) in [6, 6.07) is 13.3. The second kappa shape index (κ2) is 7.68. The van der Waals surface area contributed by atoms with Gasteiger partial charge in [-0.25, -0.2) is 5.90 Å². The molecule has 0 fully saturated rings. The van der Waals surface area contributed by atoms with E-state index in [1.807, 2.05) is 6.07 Å². The molecule has 1 aliphatic rings. The van der Waals surface area contributed by atoms with E-state index in [0.29, 0.717) is 17.0 Å². The fraction of sp³-hybridized carbons (Fsp3) is 0.167. The van der Waals surface area contributed by atoms with Crippen molar-refractivity contribution in [3.63, 3.8) is 0 Å². The highest BCUT2D eigenvalue weighted by Crippen LogP contribution is 2.29. The molecule has 0 saturated heterocycles. The lowest BCUT2D eigenvalue weighted by Gasteiger charge is -2.14. The standard InChI is InChI=1S/C18H16F3N4O2/c19-18(20,21)15-8-4-5-13(11-15)9-10-24-17(26)23-16(25(24)12-27-22)14-6-2-1-3-7-14/h1-8,10-11H,9,12,22H2/q+1. The third-order valence-corrected chi connectivity index (χ3v) is 3.89. The third kappa shape index (κ3) is 4.21. The Bertz CT molecular complexity index is 895. The molecule has 9 heteroatoms. The molecular formula is C18H16F3N4O2+. The van der Waals surface area contributed by atoms with Crippen LogP contribution in [0, 0.1) is 0 Å². The molecule has 0 aliphatic carbocycles. The molecular weight excluding hydrogens is 361 g/mol. The van der Waals surface area contributed by atoms with Crippen LogP contribution in [0.3, 0.4) is 0 Å². The Morgan fingerprint density at radius 2 is 1.89 bits per heavy atom. The van der Waals surface area contributed by atoms with Gasteiger partial charge >= 0.3 is 12.2 Å². The zero-order valence-electron chi connectivity index (χ0n) is 14.1. The minimum Gasteiger partial charge on any atom is -0.279 e. The maximum absolute atomic E-state index is 12.8. The van der Waals surface area contributed by atoms with E-state index in [-0.39, 0.29) is 13.2 Å². The van der Waals surface area contributed by atoms with Gasteiger partial charge in [0.25, 0.3) is 5.84 Å². The number of urea groups is 1. The molecule has 0 atom stereocenters. The average Bonchev–Trinajstić information content (AvgIpc) is 2.96. The minimum atomic E-state index is -4.43. The van der Waals surface area contributed by atoms with Crippen LogP contribution in [0.4, 0.5) is 18.0 Å². The lowest BCUT2D eigenvalue weighted by atomic mass is 10.1. The number of hydrazine groups is 1. The molecule has 0 spiro atoms. The first-order chi connectivity index (χ1) is 12.9. The number of amidine groups is 1. The second-order valence-corrected chi connectivity index (χ2v) is 5.71. The van der Waals surface area contributed by atoms with Crippen LogP contribution in [-0.2, 0) is 17.4 Å². The zero-order valence-corrected chi connectivity index (χ0v) is 14.1. The maximum Gasteiger partial charge on any atom is 0.565 e. The molecule has 0 unspecified atom stereocenters. The third-order valence-electron chi connectivity index (χ3n) is 3.89. The van der Waals surface area contributed by atoms with Crippen molar-refractivity contribution in [2.45, 2.75) is 12.6 Å². The van der Waals surface area contributed by atoms with Crippen LogP contribution in [0.5, 0.6) is 0 Å². The van der Waals surface area contributed by atoms with E-state index in [9.17, 15) is 18.0 Å². The van der Waals surface area contributed by atoms with Gasteiger partial charge in [0.2, 0.25) is 0 Å².